The molecule has 0 bridgehead atoms. The van der Waals surface area contributed by atoms with E-state index in [1.54, 1.807) is 0 Å². The average molecular weight is 415 g/mol. The number of hydrogen-bond donors (Lipinski definition) is 3. The first kappa shape index (κ1) is 19.9. The fourth-order valence-electron chi connectivity index (χ4n) is 3.70. The summed E-state index contributed by atoms with van der Waals surface area (Å²) < 4.78 is 0. The van der Waals surface area contributed by atoms with Crippen LogP contribution >= 0.6 is 11.8 Å². The number of para-hydroxylation sites is 1. The van der Waals surface area contributed by atoms with Crippen molar-refractivity contribution in [1.82, 2.24) is 4.90 Å². The highest BCUT2D eigenvalue weighted by atomic mass is 32.2. The molecule has 0 spiro atoms. The first-order chi connectivity index (χ1) is 14.0. The van der Waals surface area contributed by atoms with E-state index in [-0.39, 0.29) is 12.6 Å². The van der Waals surface area contributed by atoms with Gasteiger partial charge in [0.1, 0.15) is 0 Å². The van der Waals surface area contributed by atoms with Gasteiger partial charge < -0.3 is 30.2 Å². The number of carbonyl (C=O) groups is 1. The van der Waals surface area contributed by atoms with Crippen molar-refractivity contribution in [3.05, 3.63) is 54.6 Å². The molecule has 2 aliphatic heterocycles. The predicted octanol–water partition coefficient (Wildman–Crippen LogP) is 2.23. The van der Waals surface area contributed by atoms with Crippen LogP contribution in [0.5, 0.6) is 0 Å². The highest BCUT2D eigenvalue weighted by Crippen LogP contribution is 2.30. The van der Waals surface area contributed by atoms with Crippen molar-refractivity contribution in [2.45, 2.75) is 5.12 Å². The minimum atomic E-state index is -1.74. The lowest BCUT2D eigenvalue weighted by Crippen LogP contribution is -2.50. The van der Waals surface area contributed by atoms with E-state index >= 15 is 0 Å². The molecule has 0 radical (unpaired) electrons. The third kappa shape index (κ3) is 4.95. The molecule has 0 saturated carbocycles. The van der Waals surface area contributed by atoms with Gasteiger partial charge in [0.15, 0.2) is 0 Å². The van der Waals surface area contributed by atoms with Gasteiger partial charge in [-0.25, -0.2) is 4.79 Å². The molecule has 2 amide bonds. The fourth-order valence-corrected chi connectivity index (χ4v) is 4.59. The number of carbonyl (C=O) groups excluding carboxylic acids is 1. The number of rotatable bonds is 3. The summed E-state index contributed by atoms with van der Waals surface area (Å²) in [6.45, 7) is 3.81. The Morgan fingerprint density at radius 3 is 2.34 bits per heavy atom. The van der Waals surface area contributed by atoms with Crippen LogP contribution in [-0.4, -0.2) is 71.3 Å². The van der Waals surface area contributed by atoms with E-state index in [9.17, 15) is 15.0 Å². The van der Waals surface area contributed by atoms with Gasteiger partial charge in [-0.2, -0.15) is 0 Å². The number of β-amino-alcohol motifs (C(OH)–C–C–N with tert-alkyl or cyclic N) is 2. The number of nitrogens with one attached hydrogen (secondary N) is 1. The first-order valence-electron chi connectivity index (χ1n) is 9.80. The normalized spacial score (nSPS) is 19.2. The maximum atomic E-state index is 12.7. The minimum Gasteiger partial charge on any atom is -0.368 e. The first-order valence-corrected chi connectivity index (χ1v) is 10.8. The van der Waals surface area contributed by atoms with Crippen molar-refractivity contribution in [2.24, 2.45) is 0 Å². The van der Waals surface area contributed by atoms with Gasteiger partial charge >= 0.3 is 6.03 Å². The standard InChI is InChI=1S/C21H26N4O3S/c26-20(24-11-9-23(10-12-24)18-6-2-1-3-7-18)22-17-5-4-8-19(15-17)25-13-14-29-21(27,28)16-25/h1-8,15,27-28H,9-14,16H2,(H,22,26). The number of benzene rings is 2. The van der Waals surface area contributed by atoms with Crippen LogP contribution in [0.4, 0.5) is 21.9 Å². The van der Waals surface area contributed by atoms with Crippen molar-refractivity contribution in [2.75, 3.05) is 60.1 Å². The van der Waals surface area contributed by atoms with Crippen molar-refractivity contribution in [1.29, 1.82) is 0 Å². The molecule has 154 valence electrons. The summed E-state index contributed by atoms with van der Waals surface area (Å²) in [5.41, 5.74) is 2.76. The second-order valence-corrected chi connectivity index (χ2v) is 8.65. The van der Waals surface area contributed by atoms with E-state index in [2.05, 4.69) is 22.3 Å². The van der Waals surface area contributed by atoms with Crippen LogP contribution < -0.4 is 15.1 Å². The maximum absolute atomic E-state index is 12.7. The van der Waals surface area contributed by atoms with E-state index in [1.807, 2.05) is 52.3 Å². The van der Waals surface area contributed by atoms with Gasteiger partial charge in [0.2, 0.25) is 5.12 Å². The quantitative estimate of drug-likeness (QED) is 0.669. The summed E-state index contributed by atoms with van der Waals surface area (Å²) in [7, 11) is 0. The smallest absolute Gasteiger partial charge is 0.321 e. The number of hydrogen-bond acceptors (Lipinski definition) is 6. The lowest BCUT2D eigenvalue weighted by atomic mass is 10.2. The third-order valence-corrected chi connectivity index (χ3v) is 6.22. The van der Waals surface area contributed by atoms with E-state index in [0.29, 0.717) is 24.5 Å². The van der Waals surface area contributed by atoms with E-state index in [4.69, 9.17) is 0 Å². The van der Waals surface area contributed by atoms with Gasteiger partial charge in [-0.15, -0.1) is 0 Å². The molecule has 0 unspecified atom stereocenters. The molecule has 7 nitrogen and oxygen atoms in total. The SMILES string of the molecule is O=C(Nc1cccc(N2CCSC(O)(O)C2)c1)N1CCN(c2ccccc2)CC1. The molecule has 2 aliphatic rings. The van der Waals surface area contributed by atoms with E-state index in [0.717, 1.165) is 37.1 Å². The number of nitrogens with zero attached hydrogens (tertiary/aromatic N) is 3. The number of amides is 2. The minimum absolute atomic E-state index is 0.109. The summed E-state index contributed by atoms with van der Waals surface area (Å²) in [5, 5.41) is 21.0. The van der Waals surface area contributed by atoms with Gasteiger partial charge in [0, 0.05) is 55.5 Å². The van der Waals surface area contributed by atoms with Crippen LogP contribution in [0, 0.1) is 0 Å². The van der Waals surface area contributed by atoms with Crippen molar-refractivity contribution < 1.29 is 15.0 Å². The topological polar surface area (TPSA) is 79.3 Å². The van der Waals surface area contributed by atoms with Crippen LogP contribution in [0.3, 0.4) is 0 Å². The Morgan fingerprint density at radius 2 is 1.62 bits per heavy atom. The zero-order valence-corrected chi connectivity index (χ0v) is 17.0. The summed E-state index contributed by atoms with van der Waals surface area (Å²) in [6, 6.07) is 17.7. The zero-order chi connectivity index (χ0) is 20.3. The Labute approximate surface area is 174 Å². The number of anilines is 3. The molecular weight excluding hydrogens is 388 g/mol. The lowest BCUT2D eigenvalue weighted by Gasteiger charge is -2.37. The molecule has 2 saturated heterocycles. The Hall–Kier alpha value is -2.42. The molecule has 4 rings (SSSR count). The number of urea groups is 1. The van der Waals surface area contributed by atoms with Crippen LogP contribution in [-0.2, 0) is 0 Å². The van der Waals surface area contributed by atoms with Crippen LogP contribution in [0.15, 0.2) is 54.6 Å². The number of aliphatic hydroxyl groups is 2. The van der Waals surface area contributed by atoms with Crippen molar-refractivity contribution in [3.63, 3.8) is 0 Å². The lowest BCUT2D eigenvalue weighted by molar-refractivity contribution is -0.0698. The second-order valence-electron chi connectivity index (χ2n) is 7.30. The van der Waals surface area contributed by atoms with Gasteiger partial charge in [0.05, 0.1) is 6.54 Å². The van der Waals surface area contributed by atoms with Crippen molar-refractivity contribution in [3.8, 4) is 0 Å². The average Bonchev–Trinajstić information content (AvgIpc) is 2.74. The van der Waals surface area contributed by atoms with E-state index < -0.39 is 5.12 Å². The van der Waals surface area contributed by atoms with Crippen LogP contribution in [0.1, 0.15) is 0 Å². The predicted molar refractivity (Wildman–Crippen MR) is 118 cm³/mol. The molecule has 8 heteroatoms. The van der Waals surface area contributed by atoms with Gasteiger partial charge in [0.25, 0.3) is 0 Å². The van der Waals surface area contributed by atoms with Gasteiger partial charge in [-0.3, -0.25) is 0 Å². The fraction of sp³-hybridized carbons (Fsp3) is 0.381. The molecule has 2 fully saturated rings. The Morgan fingerprint density at radius 1 is 0.897 bits per heavy atom. The molecule has 0 aliphatic carbocycles. The summed E-state index contributed by atoms with van der Waals surface area (Å²) >= 11 is 1.14. The summed E-state index contributed by atoms with van der Waals surface area (Å²) in [5.74, 6) is 0.634. The van der Waals surface area contributed by atoms with Crippen molar-refractivity contribution >= 4 is 34.9 Å². The number of thioether (sulfide) groups is 1. The van der Waals surface area contributed by atoms with Gasteiger partial charge in [-0.05, 0) is 30.3 Å². The molecule has 2 heterocycles. The van der Waals surface area contributed by atoms with Gasteiger partial charge in [-0.1, -0.05) is 36.0 Å². The molecule has 3 N–H and O–H groups in total. The summed E-state index contributed by atoms with van der Waals surface area (Å²) in [6.07, 6.45) is 0. The Balaban J connectivity index is 1.34. The Bertz CT molecular complexity index is 841. The zero-order valence-electron chi connectivity index (χ0n) is 16.2. The Kier molecular flexibility index (Phi) is 5.84. The maximum Gasteiger partial charge on any atom is 0.321 e. The molecule has 2 aromatic rings. The molecule has 0 aromatic heterocycles. The molecule has 29 heavy (non-hydrogen) atoms. The summed E-state index contributed by atoms with van der Waals surface area (Å²) in [4.78, 5) is 18.7. The second kappa shape index (κ2) is 8.52. The molecule has 0 atom stereocenters. The highest BCUT2D eigenvalue weighted by Gasteiger charge is 2.31. The third-order valence-electron chi connectivity index (χ3n) is 5.24. The number of piperazine rings is 1. The highest BCUT2D eigenvalue weighted by molar-refractivity contribution is 8.00. The molecule has 2 aromatic carbocycles. The monoisotopic (exact) mass is 414 g/mol. The molecular formula is C21H26N4O3S. The van der Waals surface area contributed by atoms with E-state index in [1.165, 1.54) is 5.69 Å². The van der Waals surface area contributed by atoms with Crippen LogP contribution in [0.2, 0.25) is 0 Å². The largest absolute Gasteiger partial charge is 0.368 e. The van der Waals surface area contributed by atoms with Crippen LogP contribution in [0.25, 0.3) is 0 Å².